The number of rotatable bonds is 13. The average molecular weight is 904 g/mol. The van der Waals surface area contributed by atoms with E-state index in [1.54, 1.807) is 12.4 Å². The van der Waals surface area contributed by atoms with Crippen molar-refractivity contribution < 1.29 is 9.47 Å². The maximum atomic E-state index is 6.68. The Morgan fingerprint density at radius 2 is 0.870 bits per heavy atom. The van der Waals surface area contributed by atoms with Gasteiger partial charge in [0, 0.05) is 69.9 Å². The molecular formula is C62H57N5O2. The molecule has 6 aromatic carbocycles. The highest BCUT2D eigenvalue weighted by Crippen LogP contribution is 2.39. The van der Waals surface area contributed by atoms with Crippen LogP contribution in [-0.2, 0) is 12.8 Å². The molecule has 0 spiro atoms. The van der Waals surface area contributed by atoms with Gasteiger partial charge in [-0.3, -0.25) is 14.5 Å². The zero-order chi connectivity index (χ0) is 47.8. The van der Waals surface area contributed by atoms with Crippen LogP contribution in [0, 0.1) is 39.5 Å². The lowest BCUT2D eigenvalue weighted by Crippen LogP contribution is -2.00. The minimum absolute atomic E-state index is 0.551. The van der Waals surface area contributed by atoms with Crippen LogP contribution in [0.3, 0.4) is 0 Å². The Morgan fingerprint density at radius 3 is 1.28 bits per heavy atom. The molecule has 7 nitrogen and oxygen atoms in total. The number of pyridine rings is 2. The van der Waals surface area contributed by atoms with Gasteiger partial charge in [-0.15, -0.1) is 0 Å². The van der Waals surface area contributed by atoms with Crippen molar-refractivity contribution in [2.45, 2.75) is 68.2 Å². The third-order valence-corrected chi connectivity index (χ3v) is 12.7. The minimum atomic E-state index is 0.551. The molecule has 0 amide bonds. The van der Waals surface area contributed by atoms with Gasteiger partial charge in [-0.1, -0.05) is 76.2 Å². The standard InChI is InChI=1S/C62H57N5O2/c1-38(2)24-44-10-14-46(15-11-44)56-36-65-58(30-42(56)7)48-26-40(5)28-52(32-48)68-50-18-20-54-55-21-19-51(35-61(55)67(60(54)34-50)62-63-22-9-23-64-62)69-53-29-41(6)27-49(33-53)59-31-43(8)57(37-66-59)47-16-12-45(13-17-47)25-39(3)4/h9-23,26-39H,24-25H2,1-8H3. The number of hydrogen-bond donors (Lipinski definition) is 0. The third-order valence-electron chi connectivity index (χ3n) is 12.7. The van der Waals surface area contributed by atoms with E-state index < -0.39 is 0 Å². The van der Waals surface area contributed by atoms with Gasteiger partial charge in [0.15, 0.2) is 0 Å². The number of aryl methyl sites for hydroxylation is 4. The van der Waals surface area contributed by atoms with Crippen molar-refractivity contribution in [3.63, 3.8) is 0 Å². The van der Waals surface area contributed by atoms with Crippen molar-refractivity contribution >= 4 is 21.8 Å². The maximum Gasteiger partial charge on any atom is 0.234 e. The molecule has 0 saturated heterocycles. The van der Waals surface area contributed by atoms with Crippen molar-refractivity contribution in [3.8, 4) is 73.7 Å². The summed E-state index contributed by atoms with van der Waals surface area (Å²) < 4.78 is 15.4. The Bertz CT molecular complexity index is 3270. The largest absolute Gasteiger partial charge is 0.457 e. The predicted octanol–water partition coefficient (Wildman–Crippen LogP) is 16.2. The normalized spacial score (nSPS) is 11.6. The lowest BCUT2D eigenvalue weighted by Gasteiger charge is -2.13. The Labute approximate surface area is 405 Å². The summed E-state index contributed by atoms with van der Waals surface area (Å²) in [5.41, 5.74) is 17.5. The lowest BCUT2D eigenvalue weighted by molar-refractivity contribution is 0.483. The molecule has 0 unspecified atom stereocenters. The van der Waals surface area contributed by atoms with Crippen molar-refractivity contribution in [1.82, 2.24) is 24.5 Å². The van der Waals surface area contributed by atoms with Gasteiger partial charge in [-0.2, -0.15) is 0 Å². The van der Waals surface area contributed by atoms with E-state index in [-0.39, 0.29) is 0 Å². The summed E-state index contributed by atoms with van der Waals surface area (Å²) in [6.07, 6.45) is 9.66. The summed E-state index contributed by atoms with van der Waals surface area (Å²) >= 11 is 0. The van der Waals surface area contributed by atoms with E-state index in [1.807, 2.05) is 30.6 Å². The molecule has 4 heterocycles. The van der Waals surface area contributed by atoms with E-state index in [1.165, 1.54) is 33.4 Å². The summed E-state index contributed by atoms with van der Waals surface area (Å²) in [7, 11) is 0. The van der Waals surface area contributed by atoms with Crippen LogP contribution in [0.4, 0.5) is 0 Å². The summed E-state index contributed by atoms with van der Waals surface area (Å²) in [4.78, 5) is 19.3. The Balaban J connectivity index is 0.931. The number of ether oxygens (including phenoxy) is 2. The summed E-state index contributed by atoms with van der Waals surface area (Å²) in [5, 5.41) is 2.09. The number of fused-ring (bicyclic) bond motifs is 3. The van der Waals surface area contributed by atoms with E-state index in [0.717, 1.165) is 90.9 Å². The monoisotopic (exact) mass is 903 g/mol. The maximum absolute atomic E-state index is 6.68. The molecule has 0 aliphatic rings. The van der Waals surface area contributed by atoms with Crippen LogP contribution in [0.1, 0.15) is 61.1 Å². The van der Waals surface area contributed by atoms with Gasteiger partial charge in [-0.05, 0) is 176 Å². The van der Waals surface area contributed by atoms with Crippen LogP contribution < -0.4 is 9.47 Å². The van der Waals surface area contributed by atoms with Gasteiger partial charge in [0.25, 0.3) is 0 Å². The average Bonchev–Trinajstić information content (AvgIpc) is 3.64. The van der Waals surface area contributed by atoms with E-state index in [9.17, 15) is 0 Å². The van der Waals surface area contributed by atoms with E-state index >= 15 is 0 Å². The molecule has 0 atom stereocenters. The molecule has 10 rings (SSSR count). The van der Waals surface area contributed by atoms with Gasteiger partial charge < -0.3 is 9.47 Å². The minimum Gasteiger partial charge on any atom is -0.457 e. The summed E-state index contributed by atoms with van der Waals surface area (Å²) in [6, 6.07) is 48.9. The van der Waals surface area contributed by atoms with Crippen LogP contribution in [0.15, 0.2) is 164 Å². The molecule has 0 bridgehead atoms. The molecule has 10 aromatic rings. The zero-order valence-corrected chi connectivity index (χ0v) is 40.7. The SMILES string of the molecule is Cc1cc(Oc2ccc3c4ccc(Oc5cc(C)cc(-c6cc(C)c(-c7ccc(CC(C)C)cc7)cn6)c5)cc4n(-c4ncccn4)c3c2)cc(-c2cc(C)c(-c3ccc(CC(C)C)cc3)cn2)c1. The smallest absolute Gasteiger partial charge is 0.234 e. The third kappa shape index (κ3) is 9.77. The fraction of sp³-hybridized carbons (Fsp3) is 0.194. The van der Waals surface area contributed by atoms with Crippen LogP contribution in [0.2, 0.25) is 0 Å². The molecule has 0 aliphatic heterocycles. The van der Waals surface area contributed by atoms with Crippen molar-refractivity contribution in [1.29, 1.82) is 0 Å². The first-order valence-corrected chi connectivity index (χ1v) is 24.0. The summed E-state index contributed by atoms with van der Waals surface area (Å²) in [6.45, 7) is 17.5. The van der Waals surface area contributed by atoms with Gasteiger partial charge in [0.2, 0.25) is 5.95 Å². The molecule has 69 heavy (non-hydrogen) atoms. The lowest BCUT2D eigenvalue weighted by atomic mass is 9.97. The number of nitrogens with zero attached hydrogens (tertiary/aromatic N) is 5. The van der Waals surface area contributed by atoms with Crippen molar-refractivity contribution in [3.05, 3.63) is 198 Å². The fourth-order valence-electron chi connectivity index (χ4n) is 9.52. The Hall–Kier alpha value is -7.90. The number of aromatic nitrogens is 5. The van der Waals surface area contributed by atoms with Gasteiger partial charge in [0.05, 0.1) is 22.4 Å². The molecule has 0 aliphatic carbocycles. The predicted molar refractivity (Wildman–Crippen MR) is 283 cm³/mol. The highest BCUT2D eigenvalue weighted by atomic mass is 16.5. The number of benzene rings is 6. The topological polar surface area (TPSA) is 75.0 Å². The highest BCUT2D eigenvalue weighted by molar-refractivity contribution is 6.09. The van der Waals surface area contributed by atoms with Crippen molar-refractivity contribution in [2.75, 3.05) is 0 Å². The van der Waals surface area contributed by atoms with Crippen LogP contribution in [-0.4, -0.2) is 24.5 Å². The van der Waals surface area contributed by atoms with Gasteiger partial charge >= 0.3 is 0 Å². The van der Waals surface area contributed by atoms with Crippen LogP contribution >= 0.6 is 0 Å². The van der Waals surface area contributed by atoms with E-state index in [2.05, 4.69) is 181 Å². The molecule has 0 N–H and O–H groups in total. The first-order valence-electron chi connectivity index (χ1n) is 24.0. The number of hydrogen-bond acceptors (Lipinski definition) is 6. The quantitative estimate of drug-likeness (QED) is 0.115. The van der Waals surface area contributed by atoms with Crippen LogP contribution in [0.25, 0.3) is 72.5 Å². The zero-order valence-electron chi connectivity index (χ0n) is 40.7. The Kier molecular flexibility index (Phi) is 12.4. The second kappa shape index (κ2) is 19.0. The highest BCUT2D eigenvalue weighted by Gasteiger charge is 2.18. The molecule has 0 fully saturated rings. The van der Waals surface area contributed by atoms with E-state index in [4.69, 9.17) is 29.4 Å². The second-order valence-electron chi connectivity index (χ2n) is 19.4. The molecular weight excluding hydrogens is 847 g/mol. The summed E-state index contributed by atoms with van der Waals surface area (Å²) in [5.74, 6) is 4.65. The first kappa shape index (κ1) is 44.9. The van der Waals surface area contributed by atoms with Crippen molar-refractivity contribution in [2.24, 2.45) is 11.8 Å². The first-order chi connectivity index (χ1) is 33.4. The molecule has 0 saturated carbocycles. The second-order valence-corrected chi connectivity index (χ2v) is 19.4. The molecule has 0 radical (unpaired) electrons. The van der Waals surface area contributed by atoms with Gasteiger partial charge in [0.1, 0.15) is 23.0 Å². The molecule has 7 heteroatoms. The molecule has 342 valence electrons. The molecule has 4 aromatic heterocycles. The van der Waals surface area contributed by atoms with E-state index in [0.29, 0.717) is 29.3 Å². The Morgan fingerprint density at radius 1 is 0.435 bits per heavy atom. The van der Waals surface area contributed by atoms with Gasteiger partial charge in [-0.25, -0.2) is 9.97 Å². The fourth-order valence-corrected chi connectivity index (χ4v) is 9.52. The van der Waals surface area contributed by atoms with Crippen LogP contribution in [0.5, 0.6) is 23.0 Å².